The van der Waals surface area contributed by atoms with Crippen molar-refractivity contribution in [1.82, 2.24) is 14.9 Å². The first-order valence-electron chi connectivity index (χ1n) is 9.06. The number of nitrogens with zero attached hydrogens (tertiary/aromatic N) is 5. The molecule has 6 nitrogen and oxygen atoms in total. The van der Waals surface area contributed by atoms with Crippen LogP contribution in [0.15, 0.2) is 41.7 Å². The number of fused-ring (bicyclic) bond motifs is 1. The SMILES string of the molecule is NCC(C1=Nc2ccccc2CC1)N1CCN(c2ncc(F)cn2)CC1. The molecule has 3 heterocycles. The second kappa shape index (κ2) is 7.47. The number of benzene rings is 1. The Labute approximate surface area is 152 Å². The highest BCUT2D eigenvalue weighted by atomic mass is 19.1. The van der Waals surface area contributed by atoms with Crippen molar-refractivity contribution in [3.8, 4) is 0 Å². The Bertz CT molecular complexity index is 783. The number of piperazine rings is 1. The number of nitrogens with two attached hydrogens (primary N) is 1. The van der Waals surface area contributed by atoms with Crippen molar-refractivity contribution in [3.05, 3.63) is 48.0 Å². The van der Waals surface area contributed by atoms with Crippen LogP contribution in [-0.2, 0) is 6.42 Å². The fourth-order valence-corrected chi connectivity index (χ4v) is 3.74. The molecule has 1 unspecified atom stereocenters. The molecular weight excluding hydrogens is 331 g/mol. The summed E-state index contributed by atoms with van der Waals surface area (Å²) in [6.07, 6.45) is 4.41. The molecule has 2 aliphatic rings. The Kier molecular flexibility index (Phi) is 4.90. The van der Waals surface area contributed by atoms with Gasteiger partial charge in [0.2, 0.25) is 5.95 Å². The molecule has 1 aromatic carbocycles. The van der Waals surface area contributed by atoms with Gasteiger partial charge in [0.15, 0.2) is 5.82 Å². The van der Waals surface area contributed by atoms with Crippen molar-refractivity contribution in [2.24, 2.45) is 10.7 Å². The lowest BCUT2D eigenvalue weighted by Crippen LogP contribution is -2.55. The number of hydrogen-bond acceptors (Lipinski definition) is 6. The van der Waals surface area contributed by atoms with Crippen LogP contribution in [0.2, 0.25) is 0 Å². The highest BCUT2D eigenvalue weighted by Crippen LogP contribution is 2.27. The number of halogens is 1. The third kappa shape index (κ3) is 3.45. The molecule has 136 valence electrons. The van der Waals surface area contributed by atoms with Crippen LogP contribution in [0.1, 0.15) is 12.0 Å². The van der Waals surface area contributed by atoms with E-state index in [4.69, 9.17) is 10.7 Å². The van der Waals surface area contributed by atoms with E-state index in [1.807, 2.05) is 6.07 Å². The smallest absolute Gasteiger partial charge is 0.225 e. The molecule has 0 amide bonds. The van der Waals surface area contributed by atoms with Gasteiger partial charge >= 0.3 is 0 Å². The standard InChI is InChI=1S/C19H23FN6/c20-15-12-22-19(23-13-15)26-9-7-25(8-10-26)18(11-21)17-6-5-14-3-1-2-4-16(14)24-17/h1-4,12-13,18H,5-11,21H2. The average molecular weight is 354 g/mol. The molecule has 1 saturated heterocycles. The van der Waals surface area contributed by atoms with Crippen LogP contribution in [0.3, 0.4) is 0 Å². The minimum absolute atomic E-state index is 0.166. The lowest BCUT2D eigenvalue weighted by Gasteiger charge is -2.39. The van der Waals surface area contributed by atoms with Crippen LogP contribution in [-0.4, -0.2) is 59.3 Å². The van der Waals surface area contributed by atoms with E-state index in [2.05, 4.69) is 38.0 Å². The molecule has 0 saturated carbocycles. The van der Waals surface area contributed by atoms with Crippen molar-refractivity contribution < 1.29 is 4.39 Å². The molecular formula is C19H23FN6. The van der Waals surface area contributed by atoms with E-state index in [-0.39, 0.29) is 6.04 Å². The number of anilines is 1. The monoisotopic (exact) mass is 354 g/mol. The number of rotatable bonds is 4. The first-order chi connectivity index (χ1) is 12.7. The summed E-state index contributed by atoms with van der Waals surface area (Å²) in [6, 6.07) is 8.49. The molecule has 0 aliphatic carbocycles. The Morgan fingerprint density at radius 3 is 2.50 bits per heavy atom. The Balaban J connectivity index is 1.44. The van der Waals surface area contributed by atoms with Crippen molar-refractivity contribution in [3.63, 3.8) is 0 Å². The predicted octanol–water partition coefficient (Wildman–Crippen LogP) is 1.78. The molecule has 2 N–H and O–H groups in total. The van der Waals surface area contributed by atoms with Crippen molar-refractivity contribution >= 4 is 17.3 Å². The van der Waals surface area contributed by atoms with Gasteiger partial charge in [0.05, 0.1) is 24.1 Å². The molecule has 0 radical (unpaired) electrons. The molecule has 0 spiro atoms. The molecule has 4 rings (SSSR count). The second-order valence-electron chi connectivity index (χ2n) is 6.71. The minimum Gasteiger partial charge on any atom is -0.338 e. The summed E-state index contributed by atoms with van der Waals surface area (Å²) < 4.78 is 13.0. The molecule has 0 bridgehead atoms. The first-order valence-corrected chi connectivity index (χ1v) is 9.06. The highest BCUT2D eigenvalue weighted by molar-refractivity contribution is 5.93. The van der Waals surface area contributed by atoms with Crippen LogP contribution in [0.5, 0.6) is 0 Å². The Morgan fingerprint density at radius 2 is 1.77 bits per heavy atom. The van der Waals surface area contributed by atoms with Crippen LogP contribution in [0.25, 0.3) is 0 Å². The van der Waals surface area contributed by atoms with Gasteiger partial charge in [-0.25, -0.2) is 14.4 Å². The molecule has 1 atom stereocenters. The van der Waals surface area contributed by atoms with Crippen molar-refractivity contribution in [2.75, 3.05) is 37.6 Å². The number of para-hydroxylation sites is 1. The van der Waals surface area contributed by atoms with E-state index in [0.29, 0.717) is 12.5 Å². The molecule has 2 aliphatic heterocycles. The topological polar surface area (TPSA) is 70.6 Å². The summed E-state index contributed by atoms with van der Waals surface area (Å²) in [4.78, 5) is 17.5. The summed E-state index contributed by atoms with van der Waals surface area (Å²) in [5.41, 5.74) is 9.68. The lowest BCUT2D eigenvalue weighted by atomic mass is 9.96. The molecule has 7 heteroatoms. The molecule has 26 heavy (non-hydrogen) atoms. The maximum absolute atomic E-state index is 13.0. The summed E-state index contributed by atoms with van der Waals surface area (Å²) in [5.74, 6) is 0.172. The normalized spacial score (nSPS) is 19.0. The van der Waals surface area contributed by atoms with E-state index >= 15 is 0 Å². The largest absolute Gasteiger partial charge is 0.338 e. The maximum atomic E-state index is 13.0. The number of hydrogen-bond donors (Lipinski definition) is 1. The van der Waals surface area contributed by atoms with Crippen LogP contribution in [0, 0.1) is 5.82 Å². The number of aryl methyl sites for hydroxylation is 1. The van der Waals surface area contributed by atoms with E-state index in [1.165, 1.54) is 23.7 Å². The van der Waals surface area contributed by atoms with Gasteiger partial charge in [-0.3, -0.25) is 9.89 Å². The van der Waals surface area contributed by atoms with Crippen LogP contribution >= 0.6 is 0 Å². The second-order valence-corrected chi connectivity index (χ2v) is 6.71. The van der Waals surface area contributed by atoms with Crippen LogP contribution < -0.4 is 10.6 Å². The zero-order valence-electron chi connectivity index (χ0n) is 14.7. The van der Waals surface area contributed by atoms with E-state index in [1.54, 1.807) is 0 Å². The number of aliphatic imine (C=N–C) groups is 1. The van der Waals surface area contributed by atoms with Gasteiger partial charge < -0.3 is 10.6 Å². The summed E-state index contributed by atoms with van der Waals surface area (Å²) in [5, 5.41) is 0. The zero-order valence-corrected chi connectivity index (χ0v) is 14.7. The van der Waals surface area contributed by atoms with Crippen molar-refractivity contribution in [1.29, 1.82) is 0 Å². The highest BCUT2D eigenvalue weighted by Gasteiger charge is 2.28. The van der Waals surface area contributed by atoms with E-state index in [9.17, 15) is 4.39 Å². The van der Waals surface area contributed by atoms with Gasteiger partial charge in [0, 0.05) is 38.4 Å². The molecule has 1 fully saturated rings. The lowest BCUT2D eigenvalue weighted by molar-refractivity contribution is 0.228. The minimum atomic E-state index is -0.411. The first kappa shape index (κ1) is 17.1. The average Bonchev–Trinajstić information content (AvgIpc) is 2.70. The number of aromatic nitrogens is 2. The fourth-order valence-electron chi connectivity index (χ4n) is 3.74. The van der Waals surface area contributed by atoms with Gasteiger partial charge in [-0.05, 0) is 24.5 Å². The van der Waals surface area contributed by atoms with E-state index in [0.717, 1.165) is 44.7 Å². The Hall–Kier alpha value is -2.38. The van der Waals surface area contributed by atoms with Gasteiger partial charge in [-0.2, -0.15) is 0 Å². The van der Waals surface area contributed by atoms with Crippen molar-refractivity contribution in [2.45, 2.75) is 18.9 Å². The quantitative estimate of drug-likeness (QED) is 0.906. The maximum Gasteiger partial charge on any atom is 0.225 e. The predicted molar refractivity (Wildman–Crippen MR) is 100 cm³/mol. The third-order valence-corrected chi connectivity index (χ3v) is 5.16. The Morgan fingerprint density at radius 1 is 1.04 bits per heavy atom. The van der Waals surface area contributed by atoms with Gasteiger partial charge in [0.25, 0.3) is 0 Å². The van der Waals surface area contributed by atoms with Gasteiger partial charge in [-0.1, -0.05) is 18.2 Å². The van der Waals surface area contributed by atoms with E-state index < -0.39 is 5.82 Å². The fraction of sp³-hybridized carbons (Fsp3) is 0.421. The molecule has 2 aromatic rings. The third-order valence-electron chi connectivity index (χ3n) is 5.16. The molecule has 1 aromatic heterocycles. The van der Waals surface area contributed by atoms with Gasteiger partial charge in [-0.15, -0.1) is 0 Å². The summed E-state index contributed by atoms with van der Waals surface area (Å²) >= 11 is 0. The summed E-state index contributed by atoms with van der Waals surface area (Å²) in [7, 11) is 0. The van der Waals surface area contributed by atoms with Gasteiger partial charge in [0.1, 0.15) is 0 Å². The zero-order chi connectivity index (χ0) is 17.9. The summed E-state index contributed by atoms with van der Waals surface area (Å²) in [6.45, 7) is 3.89. The van der Waals surface area contributed by atoms with Crippen LogP contribution in [0.4, 0.5) is 16.0 Å².